The van der Waals surface area contributed by atoms with Crippen molar-refractivity contribution in [1.82, 2.24) is 15.2 Å². The lowest BCUT2D eigenvalue weighted by Gasteiger charge is -2.30. The third-order valence-corrected chi connectivity index (χ3v) is 6.29. The lowest BCUT2D eigenvalue weighted by Crippen LogP contribution is -2.38. The molecule has 0 saturated carbocycles. The van der Waals surface area contributed by atoms with Gasteiger partial charge in [-0.2, -0.15) is 0 Å². The van der Waals surface area contributed by atoms with Crippen molar-refractivity contribution in [2.45, 2.75) is 19.9 Å². The van der Waals surface area contributed by atoms with Crippen LogP contribution in [0.4, 0.5) is 10.8 Å². The standard InChI is InChI=1S/C24H29N5O2S/c1-4-23(30)27-20-13-19(6-5-16(20)2)21-11-18(15-29-7-9-31-10-8-29)12-22(26-21)28-24-25-14-17(3)32-24/h4-6,11-14,21,26H,1,7-10,15H2,2-3H3,(H,25,28)(H,27,30). The summed E-state index contributed by atoms with van der Waals surface area (Å²) in [6, 6.07) is 6.10. The van der Waals surface area contributed by atoms with Gasteiger partial charge >= 0.3 is 0 Å². The van der Waals surface area contributed by atoms with E-state index in [-0.39, 0.29) is 11.9 Å². The number of rotatable bonds is 7. The van der Waals surface area contributed by atoms with Crippen molar-refractivity contribution < 1.29 is 9.53 Å². The van der Waals surface area contributed by atoms with E-state index in [9.17, 15) is 4.79 Å². The van der Waals surface area contributed by atoms with Gasteiger partial charge in [0.2, 0.25) is 5.91 Å². The fourth-order valence-corrected chi connectivity index (χ4v) is 4.42. The molecule has 3 heterocycles. The van der Waals surface area contributed by atoms with Gasteiger partial charge in [-0.25, -0.2) is 4.98 Å². The molecule has 1 atom stereocenters. The monoisotopic (exact) mass is 451 g/mol. The van der Waals surface area contributed by atoms with E-state index < -0.39 is 0 Å². The van der Waals surface area contributed by atoms with E-state index in [1.807, 2.05) is 32.2 Å². The van der Waals surface area contributed by atoms with E-state index in [2.05, 4.69) is 50.6 Å². The molecule has 32 heavy (non-hydrogen) atoms. The normalized spacial score (nSPS) is 18.9. The zero-order valence-corrected chi connectivity index (χ0v) is 19.3. The first-order valence-electron chi connectivity index (χ1n) is 10.7. The van der Waals surface area contributed by atoms with Gasteiger partial charge in [-0.3, -0.25) is 9.69 Å². The molecule has 0 spiro atoms. The van der Waals surface area contributed by atoms with Crippen LogP contribution in [0.25, 0.3) is 0 Å². The van der Waals surface area contributed by atoms with Crippen molar-refractivity contribution in [3.05, 3.63) is 76.6 Å². The maximum atomic E-state index is 11.9. The summed E-state index contributed by atoms with van der Waals surface area (Å²) in [5, 5.41) is 10.8. The topological polar surface area (TPSA) is 78.5 Å². The van der Waals surface area contributed by atoms with Gasteiger partial charge in [0.15, 0.2) is 5.13 Å². The lowest BCUT2D eigenvalue weighted by atomic mass is 9.98. The molecule has 1 amide bonds. The highest BCUT2D eigenvalue weighted by molar-refractivity contribution is 7.15. The number of nitrogens with zero attached hydrogens (tertiary/aromatic N) is 2. The van der Waals surface area contributed by atoms with Gasteiger partial charge in [0.25, 0.3) is 0 Å². The van der Waals surface area contributed by atoms with E-state index >= 15 is 0 Å². The Bertz CT molecular complexity index is 1050. The Labute approximate surface area is 192 Å². The second-order valence-corrected chi connectivity index (χ2v) is 9.21. The molecular formula is C24H29N5O2S. The molecule has 2 aliphatic heterocycles. The third kappa shape index (κ3) is 5.64. The first kappa shape index (κ1) is 22.3. The van der Waals surface area contributed by atoms with Crippen LogP contribution < -0.4 is 16.0 Å². The molecule has 4 rings (SSSR count). The second-order valence-electron chi connectivity index (χ2n) is 7.98. The summed E-state index contributed by atoms with van der Waals surface area (Å²) in [5.74, 6) is 0.694. The highest BCUT2D eigenvalue weighted by Crippen LogP contribution is 2.28. The summed E-state index contributed by atoms with van der Waals surface area (Å²) in [6.07, 6.45) is 7.55. The average molecular weight is 452 g/mol. The van der Waals surface area contributed by atoms with E-state index in [1.54, 1.807) is 11.3 Å². The molecule has 1 saturated heterocycles. The van der Waals surface area contributed by atoms with Crippen molar-refractivity contribution in [3.8, 4) is 0 Å². The van der Waals surface area contributed by atoms with Crippen LogP contribution in [-0.2, 0) is 9.53 Å². The molecule has 2 aliphatic rings. The number of ether oxygens (including phenoxy) is 1. The smallest absolute Gasteiger partial charge is 0.247 e. The molecular weight excluding hydrogens is 422 g/mol. The highest BCUT2D eigenvalue weighted by Gasteiger charge is 2.20. The molecule has 1 aromatic heterocycles. The molecule has 3 N–H and O–H groups in total. The molecule has 7 nitrogen and oxygen atoms in total. The summed E-state index contributed by atoms with van der Waals surface area (Å²) in [5.41, 5.74) is 4.09. The number of anilines is 2. The maximum absolute atomic E-state index is 11.9. The Balaban J connectivity index is 1.60. The number of aromatic nitrogens is 1. The fourth-order valence-electron chi connectivity index (χ4n) is 3.75. The van der Waals surface area contributed by atoms with Gasteiger partial charge in [0.05, 0.1) is 19.3 Å². The molecule has 8 heteroatoms. The summed E-state index contributed by atoms with van der Waals surface area (Å²) >= 11 is 1.62. The van der Waals surface area contributed by atoms with Crippen molar-refractivity contribution in [2.75, 3.05) is 43.5 Å². The molecule has 1 fully saturated rings. The van der Waals surface area contributed by atoms with Crippen LogP contribution in [0.2, 0.25) is 0 Å². The Morgan fingerprint density at radius 1 is 1.38 bits per heavy atom. The van der Waals surface area contributed by atoms with Crippen LogP contribution in [0.1, 0.15) is 22.0 Å². The zero-order valence-electron chi connectivity index (χ0n) is 18.5. The Morgan fingerprint density at radius 3 is 2.91 bits per heavy atom. The van der Waals surface area contributed by atoms with Gasteiger partial charge in [-0.1, -0.05) is 24.8 Å². The SMILES string of the molecule is C=CC(=O)Nc1cc(C2C=C(CN3CCOCC3)C=C(Nc3ncc(C)s3)N2)ccc1C. The predicted octanol–water partition coefficient (Wildman–Crippen LogP) is 3.74. The molecule has 2 aromatic rings. The van der Waals surface area contributed by atoms with Crippen molar-refractivity contribution in [1.29, 1.82) is 0 Å². The summed E-state index contributed by atoms with van der Waals surface area (Å²) in [6.45, 7) is 11.8. The number of hydrogen-bond acceptors (Lipinski definition) is 7. The number of morpholine rings is 1. The van der Waals surface area contributed by atoms with Crippen molar-refractivity contribution in [2.24, 2.45) is 0 Å². The van der Waals surface area contributed by atoms with Crippen LogP contribution in [0.15, 0.2) is 60.6 Å². The number of thiazole rings is 1. The minimum absolute atomic E-state index is 0.0421. The van der Waals surface area contributed by atoms with Crippen LogP contribution >= 0.6 is 11.3 Å². The summed E-state index contributed by atoms with van der Waals surface area (Å²) in [4.78, 5) is 19.9. The number of hydrogen-bond donors (Lipinski definition) is 3. The molecule has 0 bridgehead atoms. The molecule has 168 valence electrons. The molecule has 1 aromatic carbocycles. The number of carbonyl (C=O) groups is 1. The van der Waals surface area contributed by atoms with Gasteiger partial charge in [-0.05, 0) is 48.8 Å². The third-order valence-electron chi connectivity index (χ3n) is 5.46. The average Bonchev–Trinajstić information content (AvgIpc) is 3.20. The number of nitrogens with one attached hydrogen (secondary N) is 3. The zero-order chi connectivity index (χ0) is 22.5. The van der Waals surface area contributed by atoms with Gasteiger partial charge < -0.3 is 20.7 Å². The minimum Gasteiger partial charge on any atom is -0.379 e. The van der Waals surface area contributed by atoms with Crippen molar-refractivity contribution >= 4 is 28.1 Å². The van der Waals surface area contributed by atoms with Crippen LogP contribution in [-0.4, -0.2) is 48.6 Å². The number of benzene rings is 1. The van der Waals surface area contributed by atoms with E-state index in [4.69, 9.17) is 4.74 Å². The largest absolute Gasteiger partial charge is 0.379 e. The predicted molar refractivity (Wildman–Crippen MR) is 130 cm³/mol. The number of amides is 1. The summed E-state index contributed by atoms with van der Waals surface area (Å²) in [7, 11) is 0. The highest BCUT2D eigenvalue weighted by atomic mass is 32.1. The van der Waals surface area contributed by atoms with Crippen LogP contribution in [0.3, 0.4) is 0 Å². The Kier molecular flexibility index (Phi) is 7.04. The maximum Gasteiger partial charge on any atom is 0.247 e. The number of aryl methyl sites for hydroxylation is 2. The van der Waals surface area contributed by atoms with Crippen LogP contribution in [0, 0.1) is 13.8 Å². The lowest BCUT2D eigenvalue weighted by molar-refractivity contribution is -0.111. The Hall–Kier alpha value is -2.94. The van der Waals surface area contributed by atoms with E-state index in [0.717, 1.165) is 65.5 Å². The summed E-state index contributed by atoms with van der Waals surface area (Å²) < 4.78 is 5.50. The number of carbonyl (C=O) groups excluding carboxylic acids is 1. The molecule has 0 radical (unpaired) electrons. The molecule has 0 aliphatic carbocycles. The molecule has 1 unspecified atom stereocenters. The first-order chi connectivity index (χ1) is 15.5. The van der Waals surface area contributed by atoms with Gasteiger partial charge in [0.1, 0.15) is 5.82 Å². The quantitative estimate of drug-likeness (QED) is 0.557. The fraction of sp³-hybridized carbons (Fsp3) is 0.333. The second kappa shape index (κ2) is 10.1. The van der Waals surface area contributed by atoms with Crippen LogP contribution in [0.5, 0.6) is 0 Å². The van der Waals surface area contributed by atoms with E-state index in [1.165, 1.54) is 11.6 Å². The minimum atomic E-state index is -0.216. The van der Waals surface area contributed by atoms with Gasteiger partial charge in [-0.15, -0.1) is 11.3 Å². The van der Waals surface area contributed by atoms with E-state index in [0.29, 0.717) is 0 Å². The Morgan fingerprint density at radius 2 is 2.19 bits per heavy atom. The first-order valence-corrected chi connectivity index (χ1v) is 11.5. The van der Waals surface area contributed by atoms with Gasteiger partial charge in [0, 0.05) is 36.4 Å². The number of dihydropyridines is 1. The van der Waals surface area contributed by atoms with Crippen molar-refractivity contribution in [3.63, 3.8) is 0 Å².